The van der Waals surface area contributed by atoms with E-state index in [0.717, 1.165) is 11.8 Å². The van der Waals surface area contributed by atoms with Crippen molar-refractivity contribution in [2.75, 3.05) is 6.61 Å². The third kappa shape index (κ3) is 5.39. The van der Waals surface area contributed by atoms with Gasteiger partial charge in [0.1, 0.15) is 0 Å². The summed E-state index contributed by atoms with van der Waals surface area (Å²) in [6.45, 7) is 9.55. The van der Waals surface area contributed by atoms with E-state index in [-0.39, 0.29) is 0 Å². The van der Waals surface area contributed by atoms with Crippen molar-refractivity contribution in [1.29, 1.82) is 0 Å². The maximum atomic E-state index is 9.37. The highest BCUT2D eigenvalue weighted by Crippen LogP contribution is 2.27. The third-order valence-corrected chi connectivity index (χ3v) is 3.86. The minimum Gasteiger partial charge on any atom is -0.396 e. The van der Waals surface area contributed by atoms with Crippen LogP contribution in [0.2, 0.25) is 0 Å². The minimum absolute atomic E-state index is 0.355. The van der Waals surface area contributed by atoms with Crippen molar-refractivity contribution < 1.29 is 5.11 Å². The highest BCUT2D eigenvalue weighted by Gasteiger charge is 2.28. The molecule has 1 saturated carbocycles. The first-order chi connectivity index (χ1) is 8.02. The lowest BCUT2D eigenvalue weighted by Gasteiger charge is -2.28. The predicted octanol–water partition coefficient (Wildman–Crippen LogP) is 3.20. The van der Waals surface area contributed by atoms with Gasteiger partial charge in [0.05, 0.1) is 0 Å². The fourth-order valence-corrected chi connectivity index (χ4v) is 3.15. The van der Waals surface area contributed by atoms with Gasteiger partial charge in [-0.2, -0.15) is 0 Å². The van der Waals surface area contributed by atoms with Crippen LogP contribution in [0.5, 0.6) is 0 Å². The second-order valence-corrected chi connectivity index (χ2v) is 6.60. The SMILES string of the molecule is CC(C)CC(CC(C)C)NC1CCCC1CO. The second kappa shape index (κ2) is 7.38. The van der Waals surface area contributed by atoms with Gasteiger partial charge < -0.3 is 10.4 Å². The molecule has 2 atom stereocenters. The van der Waals surface area contributed by atoms with Crippen molar-refractivity contribution in [3.63, 3.8) is 0 Å². The number of rotatable bonds is 7. The maximum Gasteiger partial charge on any atom is 0.0474 e. The van der Waals surface area contributed by atoms with Gasteiger partial charge in [-0.3, -0.25) is 0 Å². The predicted molar refractivity (Wildman–Crippen MR) is 74.0 cm³/mol. The first-order valence-electron chi connectivity index (χ1n) is 7.39. The van der Waals surface area contributed by atoms with Gasteiger partial charge in [0.25, 0.3) is 0 Å². The summed E-state index contributed by atoms with van der Waals surface area (Å²) in [5.41, 5.74) is 0. The summed E-state index contributed by atoms with van der Waals surface area (Å²) in [6.07, 6.45) is 6.24. The molecule has 2 unspecified atom stereocenters. The lowest BCUT2D eigenvalue weighted by Crippen LogP contribution is -2.42. The Bertz CT molecular complexity index is 193. The standard InChI is InChI=1S/C15H31NO/c1-11(2)8-14(9-12(3)4)16-15-7-5-6-13(15)10-17/h11-17H,5-10H2,1-4H3. The lowest BCUT2D eigenvalue weighted by molar-refractivity contribution is 0.192. The molecule has 0 bridgehead atoms. The molecule has 0 aromatic carbocycles. The molecule has 2 heteroatoms. The molecule has 1 fully saturated rings. The molecular weight excluding hydrogens is 210 g/mol. The Labute approximate surface area is 107 Å². The number of hydrogen-bond donors (Lipinski definition) is 2. The molecule has 0 amide bonds. The summed E-state index contributed by atoms with van der Waals surface area (Å²) < 4.78 is 0. The van der Waals surface area contributed by atoms with Crippen molar-refractivity contribution >= 4 is 0 Å². The Morgan fingerprint density at radius 1 is 1.06 bits per heavy atom. The normalized spacial score (nSPS) is 25.4. The van der Waals surface area contributed by atoms with E-state index in [9.17, 15) is 5.11 Å². The second-order valence-electron chi connectivity index (χ2n) is 6.60. The Balaban J connectivity index is 2.46. The van der Waals surface area contributed by atoms with Crippen LogP contribution in [0.4, 0.5) is 0 Å². The molecular formula is C15H31NO. The van der Waals surface area contributed by atoms with E-state index >= 15 is 0 Å². The fourth-order valence-electron chi connectivity index (χ4n) is 3.15. The van der Waals surface area contributed by atoms with Gasteiger partial charge in [0.15, 0.2) is 0 Å². The van der Waals surface area contributed by atoms with E-state index in [4.69, 9.17) is 0 Å². The van der Waals surface area contributed by atoms with Crippen LogP contribution in [-0.2, 0) is 0 Å². The molecule has 1 aliphatic rings. The highest BCUT2D eigenvalue weighted by atomic mass is 16.3. The molecule has 1 rings (SSSR count). The van der Waals surface area contributed by atoms with Gasteiger partial charge in [0, 0.05) is 18.7 Å². The average Bonchev–Trinajstić information content (AvgIpc) is 2.62. The molecule has 102 valence electrons. The molecule has 0 aliphatic heterocycles. The van der Waals surface area contributed by atoms with E-state index in [1.807, 2.05) is 0 Å². The van der Waals surface area contributed by atoms with Crippen LogP contribution in [0.1, 0.15) is 59.8 Å². The van der Waals surface area contributed by atoms with Crippen molar-refractivity contribution in [2.24, 2.45) is 17.8 Å². The van der Waals surface area contributed by atoms with Gasteiger partial charge in [-0.05, 0) is 43.4 Å². The van der Waals surface area contributed by atoms with Crippen LogP contribution in [0, 0.1) is 17.8 Å². The fraction of sp³-hybridized carbons (Fsp3) is 1.00. The Hall–Kier alpha value is -0.0800. The van der Waals surface area contributed by atoms with E-state index in [1.54, 1.807) is 0 Å². The van der Waals surface area contributed by atoms with E-state index in [0.29, 0.717) is 24.6 Å². The molecule has 2 N–H and O–H groups in total. The number of aliphatic hydroxyl groups is 1. The quantitative estimate of drug-likeness (QED) is 0.717. The number of nitrogens with one attached hydrogen (secondary N) is 1. The van der Waals surface area contributed by atoms with E-state index < -0.39 is 0 Å². The van der Waals surface area contributed by atoms with Crippen molar-refractivity contribution in [2.45, 2.75) is 71.9 Å². The van der Waals surface area contributed by atoms with Crippen molar-refractivity contribution in [1.82, 2.24) is 5.32 Å². The molecule has 0 saturated heterocycles. The number of aliphatic hydroxyl groups excluding tert-OH is 1. The van der Waals surface area contributed by atoms with Gasteiger partial charge >= 0.3 is 0 Å². The third-order valence-electron chi connectivity index (χ3n) is 3.86. The van der Waals surface area contributed by atoms with Crippen LogP contribution in [-0.4, -0.2) is 23.8 Å². The lowest BCUT2D eigenvalue weighted by atomic mass is 9.93. The van der Waals surface area contributed by atoms with Gasteiger partial charge in [-0.1, -0.05) is 34.1 Å². The molecule has 17 heavy (non-hydrogen) atoms. The summed E-state index contributed by atoms with van der Waals surface area (Å²) in [5.74, 6) is 2.00. The summed E-state index contributed by atoms with van der Waals surface area (Å²) in [4.78, 5) is 0. The zero-order valence-corrected chi connectivity index (χ0v) is 12.1. The van der Waals surface area contributed by atoms with Crippen LogP contribution < -0.4 is 5.32 Å². The molecule has 0 heterocycles. The Morgan fingerprint density at radius 2 is 1.65 bits per heavy atom. The molecule has 1 aliphatic carbocycles. The highest BCUT2D eigenvalue weighted by molar-refractivity contribution is 4.86. The van der Waals surface area contributed by atoms with Crippen LogP contribution in [0.25, 0.3) is 0 Å². The maximum absolute atomic E-state index is 9.37. The first-order valence-corrected chi connectivity index (χ1v) is 7.39. The zero-order valence-electron chi connectivity index (χ0n) is 12.1. The molecule has 0 aromatic rings. The molecule has 0 spiro atoms. The van der Waals surface area contributed by atoms with Crippen LogP contribution in [0.3, 0.4) is 0 Å². The monoisotopic (exact) mass is 241 g/mol. The van der Waals surface area contributed by atoms with Gasteiger partial charge in [0.2, 0.25) is 0 Å². The zero-order chi connectivity index (χ0) is 12.8. The van der Waals surface area contributed by atoms with Crippen LogP contribution >= 0.6 is 0 Å². The average molecular weight is 241 g/mol. The largest absolute Gasteiger partial charge is 0.396 e. The smallest absolute Gasteiger partial charge is 0.0474 e. The summed E-state index contributed by atoms with van der Waals surface area (Å²) in [7, 11) is 0. The number of hydrogen-bond acceptors (Lipinski definition) is 2. The van der Waals surface area contributed by atoms with Crippen molar-refractivity contribution in [3.05, 3.63) is 0 Å². The Kier molecular flexibility index (Phi) is 6.50. The summed E-state index contributed by atoms with van der Waals surface area (Å²) in [6, 6.07) is 1.19. The molecule has 2 nitrogen and oxygen atoms in total. The van der Waals surface area contributed by atoms with E-state index in [2.05, 4.69) is 33.0 Å². The van der Waals surface area contributed by atoms with E-state index in [1.165, 1.54) is 32.1 Å². The first kappa shape index (κ1) is 15.0. The topological polar surface area (TPSA) is 32.3 Å². The van der Waals surface area contributed by atoms with Gasteiger partial charge in [-0.15, -0.1) is 0 Å². The van der Waals surface area contributed by atoms with Crippen LogP contribution in [0.15, 0.2) is 0 Å². The summed E-state index contributed by atoms with van der Waals surface area (Å²) >= 11 is 0. The molecule has 0 aromatic heterocycles. The van der Waals surface area contributed by atoms with Gasteiger partial charge in [-0.25, -0.2) is 0 Å². The molecule has 0 radical (unpaired) electrons. The summed E-state index contributed by atoms with van der Waals surface area (Å²) in [5, 5.41) is 13.2. The minimum atomic E-state index is 0.355. The Morgan fingerprint density at radius 3 is 2.12 bits per heavy atom. The van der Waals surface area contributed by atoms with Crippen molar-refractivity contribution in [3.8, 4) is 0 Å².